The van der Waals surface area contributed by atoms with E-state index in [-0.39, 0.29) is 64.9 Å². The number of hydrogen-bond acceptors (Lipinski definition) is 31. The number of nitrogens with two attached hydrogens (primary N) is 5. The summed E-state index contributed by atoms with van der Waals surface area (Å²) in [5.74, 6) is -7.76. The Balaban J connectivity index is 1.26. The molecule has 4 aromatic heterocycles. The van der Waals surface area contributed by atoms with E-state index in [2.05, 4.69) is 74.3 Å². The summed E-state index contributed by atoms with van der Waals surface area (Å²) < 4.78 is 28.7. The van der Waals surface area contributed by atoms with E-state index in [0.717, 1.165) is 24.7 Å². The van der Waals surface area contributed by atoms with Crippen molar-refractivity contribution in [3.63, 3.8) is 0 Å². The maximum Gasteiger partial charge on any atom is 0.404 e. The number of aliphatic hydroxyl groups excluding tert-OH is 8. The van der Waals surface area contributed by atoms with Gasteiger partial charge in [0.1, 0.15) is 100 Å². The van der Waals surface area contributed by atoms with Gasteiger partial charge in [-0.3, -0.25) is 33.6 Å². The molecule has 38 nitrogen and oxygen atoms in total. The summed E-state index contributed by atoms with van der Waals surface area (Å²) in [5, 5.41) is 108. The lowest BCUT2D eigenvalue weighted by Crippen LogP contribution is -2.65. The van der Waals surface area contributed by atoms with Crippen molar-refractivity contribution < 1.29 is 103 Å². The Bertz CT molecular complexity index is 3280. The number of carbonyl (C=O) groups is 8. The Labute approximate surface area is 559 Å². The minimum atomic E-state index is -2.21. The average Bonchev–Trinajstić information content (AvgIpc) is 0.885. The second-order valence-electron chi connectivity index (χ2n) is 22.8. The first-order valence-electron chi connectivity index (χ1n) is 29.8. The molecule has 2 saturated heterocycles. The number of nitrogens with zero attached hydrogens (tertiary/aromatic N) is 6. The van der Waals surface area contributed by atoms with Gasteiger partial charge in [0.25, 0.3) is 11.8 Å². The lowest BCUT2D eigenvalue weighted by atomic mass is 9.96. The zero-order valence-corrected chi connectivity index (χ0v) is 55.3. The van der Waals surface area contributed by atoms with Crippen LogP contribution in [0.3, 0.4) is 0 Å². The number of thiazole rings is 2. The fraction of sp³-hybridized carbons (Fsp3) is 0.618. The van der Waals surface area contributed by atoms with Crippen LogP contribution < -0.4 is 65.6 Å². The van der Waals surface area contributed by atoms with E-state index in [4.69, 9.17) is 52.4 Å². The molecular formula is C55H83N17O21S3. The Hall–Kier alpha value is -7.30. The third kappa shape index (κ3) is 20.6. The molecule has 6 heterocycles. The molecule has 8 amide bonds. The third-order valence-electron chi connectivity index (χ3n) is 15.2. The normalized spacial score (nSPS) is 24.0. The largest absolute Gasteiger partial charge is 0.449 e. The fourth-order valence-electron chi connectivity index (χ4n) is 9.75. The van der Waals surface area contributed by atoms with E-state index < -0.39 is 183 Å². The van der Waals surface area contributed by atoms with Gasteiger partial charge in [0.05, 0.1) is 67.0 Å². The molecule has 96 heavy (non-hydrogen) atoms. The zero-order chi connectivity index (χ0) is 71.0. The molecule has 0 spiro atoms. The number of aliphatic hydroxyl groups is 8. The van der Waals surface area contributed by atoms with E-state index >= 15 is 4.79 Å². The number of aromatic nitrogens is 6. The van der Waals surface area contributed by atoms with Crippen LogP contribution in [0.15, 0.2) is 23.3 Å². The summed E-state index contributed by atoms with van der Waals surface area (Å²) in [4.78, 5) is 132. The highest BCUT2D eigenvalue weighted by Crippen LogP contribution is 2.35. The highest BCUT2D eigenvalue weighted by atomic mass is 32.2. The summed E-state index contributed by atoms with van der Waals surface area (Å²) in [6.45, 7) is 3.14. The molecular weight excluding hydrogens is 1330 g/mol. The van der Waals surface area contributed by atoms with Crippen LogP contribution in [0.2, 0.25) is 0 Å². The highest BCUT2D eigenvalue weighted by molar-refractivity contribution is 7.95. The first-order chi connectivity index (χ1) is 45.3. The fourth-order valence-corrected chi connectivity index (χ4v) is 12.1. The number of imidazole rings is 1. The number of carbonyl (C=O) groups excluding carboxylic acids is 8. The molecule has 0 saturated carbocycles. The van der Waals surface area contributed by atoms with Crippen molar-refractivity contribution in [1.82, 2.24) is 61.8 Å². The van der Waals surface area contributed by atoms with Gasteiger partial charge in [-0.25, -0.2) is 24.7 Å². The monoisotopic (exact) mass is 1410 g/mol. The van der Waals surface area contributed by atoms with Crippen LogP contribution in [-0.2, 0) is 65.0 Å². The summed E-state index contributed by atoms with van der Waals surface area (Å²) in [7, 11) is 0.253. The van der Waals surface area contributed by atoms with Crippen molar-refractivity contribution in [1.29, 1.82) is 0 Å². The van der Waals surface area contributed by atoms with Gasteiger partial charge in [-0.2, -0.15) is 0 Å². The minimum Gasteiger partial charge on any atom is -0.449 e. The molecule has 4 aromatic rings. The molecule has 24 N–H and O–H groups in total. The van der Waals surface area contributed by atoms with Crippen LogP contribution in [-0.4, -0.2) is 262 Å². The van der Waals surface area contributed by atoms with Crippen molar-refractivity contribution in [3.05, 3.63) is 56.8 Å². The highest BCUT2D eigenvalue weighted by Gasteiger charge is 2.53. The van der Waals surface area contributed by atoms with Crippen molar-refractivity contribution in [3.8, 4) is 10.7 Å². The number of rotatable bonds is 35. The second kappa shape index (κ2) is 35.8. The molecule has 6 rings (SSSR count). The number of hydrogen-bond donors (Lipinski definition) is 19. The number of nitrogen functional groups attached to an aromatic ring is 1. The van der Waals surface area contributed by atoms with Crippen LogP contribution in [0, 0.1) is 12.8 Å². The Kier molecular flexibility index (Phi) is 29.0. The summed E-state index contributed by atoms with van der Waals surface area (Å²) in [5.41, 5.74) is 27.9. The van der Waals surface area contributed by atoms with Crippen molar-refractivity contribution in [2.24, 2.45) is 28.9 Å². The van der Waals surface area contributed by atoms with Crippen LogP contribution in [0.25, 0.3) is 10.7 Å². The van der Waals surface area contributed by atoms with Gasteiger partial charge in [0.15, 0.2) is 18.7 Å². The summed E-state index contributed by atoms with van der Waals surface area (Å²) in [6.07, 6.45) is -20.3. The van der Waals surface area contributed by atoms with Crippen LogP contribution in [0.1, 0.15) is 88.8 Å². The molecule has 0 aliphatic carbocycles. The maximum absolute atomic E-state index is 15.2. The molecule has 41 heteroatoms. The van der Waals surface area contributed by atoms with E-state index in [1.54, 1.807) is 10.8 Å². The van der Waals surface area contributed by atoms with Gasteiger partial charge in [0, 0.05) is 55.2 Å². The van der Waals surface area contributed by atoms with Gasteiger partial charge in [0.2, 0.25) is 29.5 Å². The molecule has 2 aliphatic heterocycles. The Morgan fingerprint density at radius 2 is 1.47 bits per heavy atom. The topological polar surface area (TPSA) is 625 Å². The summed E-state index contributed by atoms with van der Waals surface area (Å²) >= 11 is 2.52. The molecule has 532 valence electrons. The minimum absolute atomic E-state index is 0.00721. The number of primary amides is 3. The number of ether oxygens (including phenoxy) is 5. The lowest BCUT2D eigenvalue weighted by molar-refractivity contribution is -0.372. The van der Waals surface area contributed by atoms with Gasteiger partial charge in [-0.05, 0) is 37.4 Å². The third-order valence-corrected chi connectivity index (χ3v) is 18.1. The lowest BCUT2D eigenvalue weighted by Gasteiger charge is -2.47. The zero-order valence-electron chi connectivity index (χ0n) is 52.8. The molecule has 0 bridgehead atoms. The predicted molar refractivity (Wildman–Crippen MR) is 338 cm³/mol. The number of nitrogens with one attached hydrogen (secondary N) is 6. The quantitative estimate of drug-likeness (QED) is 0.0150. The smallest absolute Gasteiger partial charge is 0.404 e. The number of anilines is 1. The van der Waals surface area contributed by atoms with Crippen LogP contribution >= 0.6 is 22.7 Å². The predicted octanol–water partition coefficient (Wildman–Crippen LogP) is -8.07. The molecule has 2 fully saturated rings. The van der Waals surface area contributed by atoms with E-state index in [1.807, 2.05) is 0 Å². The Morgan fingerprint density at radius 1 is 0.781 bits per heavy atom. The number of amides is 8. The van der Waals surface area contributed by atoms with Crippen molar-refractivity contribution >= 4 is 86.8 Å². The van der Waals surface area contributed by atoms with Crippen molar-refractivity contribution in [2.75, 3.05) is 56.8 Å². The van der Waals surface area contributed by atoms with Gasteiger partial charge in [-0.1, -0.05) is 19.4 Å². The van der Waals surface area contributed by atoms with Crippen molar-refractivity contribution in [2.45, 2.75) is 157 Å². The Morgan fingerprint density at radius 3 is 2.09 bits per heavy atom. The molecule has 2 aliphatic rings. The van der Waals surface area contributed by atoms with E-state index in [1.165, 1.54) is 50.4 Å². The molecule has 19 atom stereocenters. The molecule has 9 unspecified atom stereocenters. The standard InChI is InChI=1S/C55H83N17O21S3/c1-20-33(69-46(72-44(20)58)25(12-31(57)76)64-13-24(56)45(59)82)50(86)71-35(41(26-14-61-19-65-26)91-54-43(39(80)37(78)29(15-73)90-54)92-53-40(81)42(93-55(60)88)38(79)30(16-74)89-53)51(87)66-22(3)36(77)21(2)47(83)70-34(23(4)75)49(85)63-10-8-32-67-28(18-94-32)52-68-27(17-95-52)48(84)62-9-7-11-96(5)6/h14,17-19,21-25,29-30,34-43,53-54,64,73-75,77-81H,7-13,15-16,56H2,1-6H3,(H13-,57,58,59,60,61,62,63,65,66,69,70,71,72,76,82,83,84,85,86,87,88)/t21?,22?,23?,24?,25?,29-,30+,34?,35?,36?,37+,38+,39-,40-,41?,42-,43-,53+,54-/m0/s1. The first-order valence-corrected chi connectivity index (χ1v) is 33.8. The van der Waals surface area contributed by atoms with E-state index in [0.29, 0.717) is 22.3 Å². The van der Waals surface area contributed by atoms with Gasteiger partial charge < -0.3 is 135 Å². The van der Waals surface area contributed by atoms with Crippen LogP contribution in [0.4, 0.5) is 10.6 Å². The van der Waals surface area contributed by atoms with Gasteiger partial charge in [-0.15, -0.1) is 22.7 Å². The SMILES string of the molecule is Cc1c(N)nc(C(CC(N)=O)NCC(N)C(N)=O)nc1C(=O)NC(C(=O)NC(C)C(O)C(C)C(=O)NC(C(=O)NCCc1nc(-c2nc(C(=O)NCCC[S+](C)C)cs2)cs1)C(C)O)C(O[C@@H]1O[C@@H](CO)[C@@H](O)[C@H](O)[C@@H]1O[C@H]1O[C@H](CO)[C@@H](O)[C@H](OC(N)=O)[C@@H]1O)c1c[n-]cn1. The maximum atomic E-state index is 15.2. The summed E-state index contributed by atoms with van der Waals surface area (Å²) in [6, 6.07) is -7.90. The first kappa shape index (κ1) is 77.7. The molecule has 0 aromatic carbocycles. The molecule has 0 radical (unpaired) electrons. The van der Waals surface area contributed by atoms with Crippen LogP contribution in [0.5, 0.6) is 0 Å². The van der Waals surface area contributed by atoms with E-state index in [9.17, 15) is 74.4 Å². The van der Waals surface area contributed by atoms with Gasteiger partial charge >= 0.3 is 6.09 Å². The average molecular weight is 1410 g/mol. The second-order valence-corrected chi connectivity index (χ2v) is 26.9.